The van der Waals surface area contributed by atoms with Gasteiger partial charge in [0.2, 0.25) is 5.69 Å². The molecule has 0 fully saturated rings. The summed E-state index contributed by atoms with van der Waals surface area (Å²) >= 11 is 0. The summed E-state index contributed by atoms with van der Waals surface area (Å²) in [5.74, 6) is 0. The molecule has 3 heterocycles. The van der Waals surface area contributed by atoms with E-state index in [1.807, 2.05) is 12.3 Å². The number of hydrogen-bond donors (Lipinski definition) is 0. The molecule has 3 nitrogen and oxygen atoms in total. The Morgan fingerprint density at radius 2 is 1.96 bits per heavy atom. The highest BCUT2D eigenvalue weighted by molar-refractivity contribution is 6.05. The first-order chi connectivity index (χ1) is 11.2. The Hall–Kier alpha value is -2.68. The lowest BCUT2D eigenvalue weighted by molar-refractivity contribution is -0.660. The number of benzene rings is 1. The molecule has 3 heteroatoms. The highest BCUT2D eigenvalue weighted by Gasteiger charge is 2.16. The molecule has 23 heavy (non-hydrogen) atoms. The monoisotopic (exact) mass is 303 g/mol. The molecule has 3 aromatic heterocycles. The summed E-state index contributed by atoms with van der Waals surface area (Å²) in [5, 5.41) is 2.27. The summed E-state index contributed by atoms with van der Waals surface area (Å²) in [7, 11) is 2.10. The standard InChI is InChI=1S/C20H19N2O/c1-4-14-5-6-18(22(3)12-14)16-10-19-17(9-13(16)2)15-7-8-21-11-20(15)23-19/h5-12H,4H2,1-3H3/q+1. The van der Waals surface area contributed by atoms with Crippen LogP contribution in [0.2, 0.25) is 0 Å². The van der Waals surface area contributed by atoms with E-state index in [4.69, 9.17) is 4.42 Å². The lowest BCUT2D eigenvalue weighted by Crippen LogP contribution is -2.31. The van der Waals surface area contributed by atoms with Gasteiger partial charge in [-0.3, -0.25) is 4.98 Å². The molecule has 0 N–H and O–H groups in total. The third kappa shape index (κ3) is 2.20. The van der Waals surface area contributed by atoms with Crippen molar-refractivity contribution >= 4 is 21.9 Å². The van der Waals surface area contributed by atoms with Gasteiger partial charge in [-0.25, -0.2) is 4.57 Å². The number of fused-ring (bicyclic) bond motifs is 3. The van der Waals surface area contributed by atoms with E-state index in [-0.39, 0.29) is 0 Å². The highest BCUT2D eigenvalue weighted by atomic mass is 16.3. The van der Waals surface area contributed by atoms with Crippen LogP contribution in [0.25, 0.3) is 33.2 Å². The molecule has 0 amide bonds. The Balaban J connectivity index is 1.97. The first kappa shape index (κ1) is 13.9. The predicted octanol–water partition coefficient (Wildman–Crippen LogP) is 4.34. The zero-order valence-electron chi connectivity index (χ0n) is 13.6. The molecule has 0 radical (unpaired) electrons. The molecule has 0 aliphatic carbocycles. The van der Waals surface area contributed by atoms with Crippen LogP contribution in [-0.2, 0) is 13.5 Å². The first-order valence-corrected chi connectivity index (χ1v) is 7.93. The van der Waals surface area contributed by atoms with Gasteiger partial charge < -0.3 is 4.42 Å². The van der Waals surface area contributed by atoms with E-state index >= 15 is 0 Å². The van der Waals surface area contributed by atoms with Crippen molar-refractivity contribution < 1.29 is 8.98 Å². The van der Waals surface area contributed by atoms with E-state index in [1.165, 1.54) is 22.4 Å². The summed E-state index contributed by atoms with van der Waals surface area (Å²) in [6, 6.07) is 10.8. The van der Waals surface area contributed by atoms with Crippen LogP contribution in [0.15, 0.2) is 53.3 Å². The van der Waals surface area contributed by atoms with E-state index in [9.17, 15) is 0 Å². The topological polar surface area (TPSA) is 29.9 Å². The summed E-state index contributed by atoms with van der Waals surface area (Å²) in [6.45, 7) is 4.33. The van der Waals surface area contributed by atoms with Gasteiger partial charge >= 0.3 is 0 Å². The van der Waals surface area contributed by atoms with Crippen molar-refractivity contribution in [3.63, 3.8) is 0 Å². The number of hydrogen-bond acceptors (Lipinski definition) is 2. The molecule has 0 saturated carbocycles. The molecule has 0 saturated heterocycles. The van der Waals surface area contributed by atoms with Gasteiger partial charge in [0, 0.05) is 28.6 Å². The fourth-order valence-corrected chi connectivity index (χ4v) is 3.21. The summed E-state index contributed by atoms with van der Waals surface area (Å²) < 4.78 is 8.17. The Morgan fingerprint density at radius 3 is 2.74 bits per heavy atom. The van der Waals surface area contributed by atoms with E-state index in [0.29, 0.717) is 0 Å². The van der Waals surface area contributed by atoms with Gasteiger partial charge in [0.05, 0.1) is 11.8 Å². The van der Waals surface area contributed by atoms with Crippen molar-refractivity contribution in [2.45, 2.75) is 20.3 Å². The molecule has 0 unspecified atom stereocenters. The minimum Gasteiger partial charge on any atom is -0.454 e. The normalized spacial score (nSPS) is 11.4. The minimum atomic E-state index is 0.838. The van der Waals surface area contributed by atoms with Crippen LogP contribution in [0.5, 0.6) is 0 Å². The molecule has 114 valence electrons. The maximum Gasteiger partial charge on any atom is 0.212 e. The predicted molar refractivity (Wildman–Crippen MR) is 92.2 cm³/mol. The van der Waals surface area contributed by atoms with Crippen molar-refractivity contribution in [1.82, 2.24) is 4.98 Å². The highest BCUT2D eigenvalue weighted by Crippen LogP contribution is 2.33. The van der Waals surface area contributed by atoms with E-state index in [0.717, 1.165) is 28.4 Å². The van der Waals surface area contributed by atoms with Crippen molar-refractivity contribution in [3.8, 4) is 11.3 Å². The molecule has 0 aliphatic rings. The van der Waals surface area contributed by atoms with E-state index < -0.39 is 0 Å². The summed E-state index contributed by atoms with van der Waals surface area (Å²) in [4.78, 5) is 4.15. The third-order valence-electron chi connectivity index (χ3n) is 4.50. The van der Waals surface area contributed by atoms with Crippen LogP contribution in [0, 0.1) is 6.92 Å². The van der Waals surface area contributed by atoms with Crippen molar-refractivity contribution in [2.75, 3.05) is 0 Å². The Morgan fingerprint density at radius 1 is 1.09 bits per heavy atom. The average molecular weight is 303 g/mol. The Kier molecular flexibility index (Phi) is 3.15. The largest absolute Gasteiger partial charge is 0.454 e. The molecule has 0 bridgehead atoms. The van der Waals surface area contributed by atoms with Crippen LogP contribution in [0.4, 0.5) is 0 Å². The van der Waals surface area contributed by atoms with E-state index in [1.54, 1.807) is 6.20 Å². The number of aromatic nitrogens is 2. The van der Waals surface area contributed by atoms with Crippen LogP contribution < -0.4 is 4.57 Å². The van der Waals surface area contributed by atoms with Gasteiger partial charge in [-0.2, -0.15) is 0 Å². The second-order valence-electron chi connectivity index (χ2n) is 6.02. The van der Waals surface area contributed by atoms with Crippen LogP contribution in [0.1, 0.15) is 18.1 Å². The maximum absolute atomic E-state index is 5.98. The Bertz CT molecular complexity index is 1030. The van der Waals surface area contributed by atoms with Gasteiger partial charge in [0.1, 0.15) is 12.6 Å². The molecular weight excluding hydrogens is 284 g/mol. The zero-order chi connectivity index (χ0) is 16.0. The number of aryl methyl sites for hydroxylation is 3. The first-order valence-electron chi connectivity index (χ1n) is 7.93. The molecule has 0 atom stereocenters. The molecule has 0 spiro atoms. The zero-order valence-corrected chi connectivity index (χ0v) is 13.6. The van der Waals surface area contributed by atoms with Crippen LogP contribution in [0.3, 0.4) is 0 Å². The minimum absolute atomic E-state index is 0.838. The van der Waals surface area contributed by atoms with Crippen molar-refractivity contribution in [3.05, 3.63) is 60.0 Å². The SMILES string of the molecule is CCc1ccc(-c2cc3oc4cnccc4c3cc2C)[n+](C)c1. The Labute approximate surface area is 135 Å². The smallest absolute Gasteiger partial charge is 0.212 e. The summed E-state index contributed by atoms with van der Waals surface area (Å²) in [5.41, 5.74) is 6.73. The lowest BCUT2D eigenvalue weighted by atomic mass is 10.0. The van der Waals surface area contributed by atoms with E-state index in [2.05, 4.69) is 60.9 Å². The number of rotatable bonds is 2. The molecule has 4 aromatic rings. The third-order valence-corrected chi connectivity index (χ3v) is 4.50. The average Bonchev–Trinajstić information content (AvgIpc) is 2.92. The van der Waals surface area contributed by atoms with Gasteiger partial charge in [-0.05, 0) is 43.2 Å². The van der Waals surface area contributed by atoms with Crippen LogP contribution in [-0.4, -0.2) is 4.98 Å². The number of nitrogens with zero attached hydrogens (tertiary/aromatic N) is 2. The second-order valence-corrected chi connectivity index (χ2v) is 6.02. The lowest BCUT2D eigenvalue weighted by Gasteiger charge is -2.06. The fraction of sp³-hybridized carbons (Fsp3) is 0.200. The number of pyridine rings is 2. The molecule has 0 aliphatic heterocycles. The summed E-state index contributed by atoms with van der Waals surface area (Å²) in [6.07, 6.45) is 6.83. The quantitative estimate of drug-likeness (QED) is 0.515. The van der Waals surface area contributed by atoms with Crippen molar-refractivity contribution in [2.24, 2.45) is 7.05 Å². The van der Waals surface area contributed by atoms with Gasteiger partial charge in [-0.15, -0.1) is 0 Å². The van der Waals surface area contributed by atoms with Gasteiger partial charge in [0.15, 0.2) is 11.8 Å². The molecular formula is C20H19N2O+. The van der Waals surface area contributed by atoms with Crippen molar-refractivity contribution in [1.29, 1.82) is 0 Å². The van der Waals surface area contributed by atoms with Gasteiger partial charge in [-0.1, -0.05) is 6.92 Å². The molecule has 4 rings (SSSR count). The maximum atomic E-state index is 5.98. The fourth-order valence-electron chi connectivity index (χ4n) is 3.21. The van der Waals surface area contributed by atoms with Crippen LogP contribution >= 0.6 is 0 Å². The molecule has 1 aromatic carbocycles. The number of furan rings is 1. The second kappa shape index (κ2) is 5.20. The van der Waals surface area contributed by atoms with Gasteiger partial charge in [0.25, 0.3) is 0 Å².